The number of carbonyl (C=O) groups is 3. The lowest BCUT2D eigenvalue weighted by Crippen LogP contribution is -2.52. The molecule has 0 N–H and O–H groups in total. The van der Waals surface area contributed by atoms with Gasteiger partial charge in [0.25, 0.3) is 0 Å². The maximum Gasteiger partial charge on any atom is 0.225 e. The van der Waals surface area contributed by atoms with Crippen molar-refractivity contribution in [1.82, 2.24) is 4.90 Å². The molecule has 1 unspecified atom stereocenters. The fourth-order valence-corrected chi connectivity index (χ4v) is 3.86. The summed E-state index contributed by atoms with van der Waals surface area (Å²) in [7, 11) is 0. The fraction of sp³-hybridized carbons (Fsp3) is 0.0952. The van der Waals surface area contributed by atoms with Gasteiger partial charge in [0.15, 0.2) is 12.5 Å². The van der Waals surface area contributed by atoms with E-state index in [4.69, 9.17) is 4.74 Å². The van der Waals surface area contributed by atoms with Crippen molar-refractivity contribution in [3.05, 3.63) is 88.8 Å². The molecule has 2 heterocycles. The Bertz CT molecular complexity index is 1010. The maximum absolute atomic E-state index is 13.2. The molecule has 2 aromatic rings. The number of ketones is 2. The minimum atomic E-state index is -1.91. The molecule has 2 aliphatic heterocycles. The number of nitrogens with zero attached hydrogens (tertiary/aromatic N) is 1. The summed E-state index contributed by atoms with van der Waals surface area (Å²) < 4.78 is 6.15. The van der Waals surface area contributed by atoms with Crippen molar-refractivity contribution in [2.24, 2.45) is 0 Å². The second-order valence-electron chi connectivity index (χ2n) is 6.45. The van der Waals surface area contributed by atoms with Crippen molar-refractivity contribution in [3.63, 3.8) is 0 Å². The van der Waals surface area contributed by atoms with Gasteiger partial charge in [0.2, 0.25) is 17.2 Å². The number of hydrogen-bond donors (Lipinski definition) is 0. The molecule has 1 atom stereocenters. The van der Waals surface area contributed by atoms with Gasteiger partial charge in [-0.05, 0) is 11.6 Å². The standard InChI is InChI=1S/C21H13NO4/c23-12-14-11-22-10-9-13-5-1-2-6-15(13)20(22)26-21(14)18(24)16-7-3-4-8-17(16)19(21)25/h1-12,20H. The molecular formula is C21H13NO4. The van der Waals surface area contributed by atoms with E-state index in [0.717, 1.165) is 11.1 Å². The van der Waals surface area contributed by atoms with Gasteiger partial charge in [-0.15, -0.1) is 0 Å². The van der Waals surface area contributed by atoms with Crippen LogP contribution in [-0.4, -0.2) is 28.4 Å². The lowest BCUT2D eigenvalue weighted by atomic mass is 9.86. The minimum absolute atomic E-state index is 0.0176. The number of benzene rings is 2. The third kappa shape index (κ3) is 1.70. The Morgan fingerprint density at radius 2 is 1.62 bits per heavy atom. The largest absolute Gasteiger partial charge is 0.326 e. The zero-order valence-electron chi connectivity index (χ0n) is 13.6. The molecule has 0 fully saturated rings. The van der Waals surface area contributed by atoms with Crippen LogP contribution in [0.4, 0.5) is 0 Å². The third-order valence-electron chi connectivity index (χ3n) is 5.12. The van der Waals surface area contributed by atoms with Crippen molar-refractivity contribution in [2.45, 2.75) is 11.8 Å². The molecule has 26 heavy (non-hydrogen) atoms. The van der Waals surface area contributed by atoms with E-state index in [2.05, 4.69) is 0 Å². The zero-order chi connectivity index (χ0) is 17.9. The van der Waals surface area contributed by atoms with Crippen molar-refractivity contribution in [2.75, 3.05) is 0 Å². The van der Waals surface area contributed by atoms with Gasteiger partial charge in [0.05, 0.1) is 5.57 Å². The Morgan fingerprint density at radius 3 is 2.31 bits per heavy atom. The van der Waals surface area contributed by atoms with Crippen LogP contribution in [0.5, 0.6) is 0 Å². The van der Waals surface area contributed by atoms with Gasteiger partial charge in [-0.25, -0.2) is 0 Å². The van der Waals surface area contributed by atoms with Crippen molar-refractivity contribution >= 4 is 23.9 Å². The Kier molecular flexibility index (Phi) is 2.94. The number of Topliss-reactive ketones (excluding diaryl/α,β-unsaturated/α-hetero) is 2. The smallest absolute Gasteiger partial charge is 0.225 e. The number of rotatable bonds is 1. The summed E-state index contributed by atoms with van der Waals surface area (Å²) in [6.07, 6.45) is 5.10. The van der Waals surface area contributed by atoms with Crippen molar-refractivity contribution in [3.8, 4) is 0 Å². The van der Waals surface area contributed by atoms with E-state index >= 15 is 0 Å². The number of fused-ring (bicyclic) bond motifs is 4. The second-order valence-corrected chi connectivity index (χ2v) is 6.45. The highest BCUT2D eigenvalue weighted by Crippen LogP contribution is 2.46. The molecule has 0 aromatic heterocycles. The zero-order valence-corrected chi connectivity index (χ0v) is 13.6. The average molecular weight is 343 g/mol. The highest BCUT2D eigenvalue weighted by Gasteiger charge is 2.60. The highest BCUT2D eigenvalue weighted by molar-refractivity contribution is 6.35. The van der Waals surface area contributed by atoms with Gasteiger partial charge in [-0.2, -0.15) is 0 Å². The van der Waals surface area contributed by atoms with Gasteiger partial charge >= 0.3 is 0 Å². The second kappa shape index (κ2) is 5.09. The summed E-state index contributed by atoms with van der Waals surface area (Å²) in [5, 5.41) is 0. The molecule has 0 bridgehead atoms. The summed E-state index contributed by atoms with van der Waals surface area (Å²) in [6, 6.07) is 14.2. The molecule has 5 rings (SSSR count). The van der Waals surface area contributed by atoms with E-state index in [1.54, 1.807) is 35.4 Å². The predicted molar refractivity (Wildman–Crippen MR) is 93.1 cm³/mol. The summed E-state index contributed by atoms with van der Waals surface area (Å²) >= 11 is 0. The highest BCUT2D eigenvalue weighted by atomic mass is 16.5. The first-order valence-electron chi connectivity index (χ1n) is 8.25. The Morgan fingerprint density at radius 1 is 0.962 bits per heavy atom. The van der Waals surface area contributed by atoms with E-state index in [9.17, 15) is 14.4 Å². The van der Waals surface area contributed by atoms with Crippen LogP contribution in [0, 0.1) is 0 Å². The molecule has 1 aliphatic carbocycles. The normalized spacial score (nSPS) is 21.9. The van der Waals surface area contributed by atoms with Crippen molar-refractivity contribution in [1.29, 1.82) is 0 Å². The molecule has 1 spiro atoms. The molecule has 5 nitrogen and oxygen atoms in total. The van der Waals surface area contributed by atoms with Gasteiger partial charge < -0.3 is 9.64 Å². The lowest BCUT2D eigenvalue weighted by Gasteiger charge is -2.42. The summed E-state index contributed by atoms with van der Waals surface area (Å²) in [5.74, 6) is -0.966. The molecule has 2 aromatic carbocycles. The SMILES string of the molecule is O=CC1=CN2C=Cc3ccccc3C2OC12C(=O)c1ccccc1C2=O. The first kappa shape index (κ1) is 15.0. The monoisotopic (exact) mass is 343 g/mol. The molecule has 0 amide bonds. The van der Waals surface area contributed by atoms with Crippen LogP contribution in [0.25, 0.3) is 6.08 Å². The van der Waals surface area contributed by atoms with Crippen LogP contribution >= 0.6 is 0 Å². The number of ether oxygens (including phenoxy) is 1. The molecule has 0 saturated heterocycles. The van der Waals surface area contributed by atoms with Gasteiger partial charge in [0, 0.05) is 29.1 Å². The first-order chi connectivity index (χ1) is 12.7. The van der Waals surface area contributed by atoms with Crippen LogP contribution in [-0.2, 0) is 9.53 Å². The Labute approximate surface area is 149 Å². The molecule has 0 radical (unpaired) electrons. The summed E-state index contributed by atoms with van der Waals surface area (Å²) in [5.41, 5.74) is 0.472. The molecule has 126 valence electrons. The average Bonchev–Trinajstić information content (AvgIpc) is 2.90. The lowest BCUT2D eigenvalue weighted by molar-refractivity contribution is -0.115. The van der Waals surface area contributed by atoms with Gasteiger partial charge in [0.1, 0.15) is 0 Å². The number of carbonyl (C=O) groups excluding carboxylic acids is 3. The van der Waals surface area contributed by atoms with Gasteiger partial charge in [-0.3, -0.25) is 14.4 Å². The van der Waals surface area contributed by atoms with Crippen LogP contribution in [0.2, 0.25) is 0 Å². The molecule has 5 heteroatoms. The quantitative estimate of drug-likeness (QED) is 0.588. The Balaban J connectivity index is 1.72. The van der Waals surface area contributed by atoms with E-state index in [1.165, 1.54) is 6.20 Å². The fourth-order valence-electron chi connectivity index (χ4n) is 3.86. The van der Waals surface area contributed by atoms with E-state index < -0.39 is 23.4 Å². The molecule has 3 aliphatic rings. The topological polar surface area (TPSA) is 63.7 Å². The van der Waals surface area contributed by atoms with E-state index in [1.807, 2.05) is 30.3 Å². The number of hydrogen-bond acceptors (Lipinski definition) is 5. The maximum atomic E-state index is 13.2. The predicted octanol–water partition coefficient (Wildman–Crippen LogP) is 2.90. The summed E-state index contributed by atoms with van der Waals surface area (Å²) in [6.45, 7) is 0. The summed E-state index contributed by atoms with van der Waals surface area (Å²) in [4.78, 5) is 39.8. The number of aldehydes is 1. The van der Waals surface area contributed by atoms with Crippen molar-refractivity contribution < 1.29 is 19.1 Å². The van der Waals surface area contributed by atoms with Crippen LogP contribution < -0.4 is 0 Å². The van der Waals surface area contributed by atoms with Crippen LogP contribution in [0.3, 0.4) is 0 Å². The third-order valence-corrected chi connectivity index (χ3v) is 5.12. The van der Waals surface area contributed by atoms with E-state index in [0.29, 0.717) is 17.4 Å². The minimum Gasteiger partial charge on any atom is -0.326 e. The van der Waals surface area contributed by atoms with Crippen LogP contribution in [0.15, 0.2) is 66.5 Å². The van der Waals surface area contributed by atoms with Crippen LogP contribution in [0.1, 0.15) is 38.1 Å². The van der Waals surface area contributed by atoms with E-state index in [-0.39, 0.29) is 5.57 Å². The Hall–Kier alpha value is -3.31. The first-order valence-corrected chi connectivity index (χ1v) is 8.25. The molecule has 0 saturated carbocycles. The van der Waals surface area contributed by atoms with Gasteiger partial charge in [-0.1, -0.05) is 48.5 Å². The molecular weight excluding hydrogens is 330 g/mol.